The highest BCUT2D eigenvalue weighted by Gasteiger charge is 2.26. The number of nitrogens with zero attached hydrogens (tertiary/aromatic N) is 1. The number of ether oxygens (including phenoxy) is 1. The van der Waals surface area contributed by atoms with Crippen molar-refractivity contribution < 1.29 is 14.6 Å². The van der Waals surface area contributed by atoms with E-state index >= 15 is 0 Å². The summed E-state index contributed by atoms with van der Waals surface area (Å²) in [6.07, 6.45) is 0. The van der Waals surface area contributed by atoms with Crippen LogP contribution in [-0.2, 0) is 9.53 Å². The molecule has 0 aromatic carbocycles. The van der Waals surface area contributed by atoms with Crippen LogP contribution in [0.2, 0.25) is 0 Å². The molecule has 84 valence electrons. The minimum atomic E-state index is -0.877. The molecule has 14 heavy (non-hydrogen) atoms. The fourth-order valence-electron chi connectivity index (χ4n) is 1.55. The second-order valence-corrected chi connectivity index (χ2v) is 3.22. The van der Waals surface area contributed by atoms with Gasteiger partial charge < -0.3 is 15.6 Å². The molecular formula is C9H20N2O3. The van der Waals surface area contributed by atoms with E-state index in [0.717, 1.165) is 0 Å². The largest absolute Gasteiger partial charge is 0.480 e. The molecule has 0 spiro atoms. The maximum absolute atomic E-state index is 10.9. The molecule has 2 unspecified atom stereocenters. The number of carboxylic acids is 1. The van der Waals surface area contributed by atoms with Crippen molar-refractivity contribution in [3.63, 3.8) is 0 Å². The fraction of sp³-hybridized carbons (Fsp3) is 0.889. The summed E-state index contributed by atoms with van der Waals surface area (Å²) in [5.41, 5.74) is 5.42. The van der Waals surface area contributed by atoms with E-state index in [1.165, 1.54) is 0 Å². The molecule has 0 aliphatic heterocycles. The van der Waals surface area contributed by atoms with Crippen LogP contribution in [0, 0.1) is 0 Å². The van der Waals surface area contributed by atoms with Crippen LogP contribution in [0.3, 0.4) is 0 Å². The van der Waals surface area contributed by atoms with Gasteiger partial charge in [0, 0.05) is 19.7 Å². The van der Waals surface area contributed by atoms with Crippen LogP contribution in [0.4, 0.5) is 0 Å². The molecule has 5 heteroatoms. The van der Waals surface area contributed by atoms with Crippen molar-refractivity contribution in [3.8, 4) is 0 Å². The Morgan fingerprint density at radius 2 is 2.21 bits per heavy atom. The van der Waals surface area contributed by atoms with Gasteiger partial charge in [0.2, 0.25) is 0 Å². The van der Waals surface area contributed by atoms with E-state index in [0.29, 0.717) is 13.2 Å². The molecule has 0 radical (unpaired) electrons. The van der Waals surface area contributed by atoms with Gasteiger partial charge in [-0.15, -0.1) is 0 Å². The van der Waals surface area contributed by atoms with Crippen molar-refractivity contribution in [1.29, 1.82) is 0 Å². The fourth-order valence-corrected chi connectivity index (χ4v) is 1.55. The quantitative estimate of drug-likeness (QED) is 0.598. The minimum Gasteiger partial charge on any atom is -0.480 e. The Morgan fingerprint density at radius 3 is 2.50 bits per heavy atom. The van der Waals surface area contributed by atoms with Gasteiger partial charge in [0.05, 0.1) is 6.61 Å². The predicted molar refractivity (Wildman–Crippen MR) is 54.2 cm³/mol. The Labute approximate surface area is 84.8 Å². The zero-order valence-electron chi connectivity index (χ0n) is 9.06. The van der Waals surface area contributed by atoms with Crippen LogP contribution in [-0.4, -0.2) is 54.9 Å². The summed E-state index contributed by atoms with van der Waals surface area (Å²) in [4.78, 5) is 12.7. The van der Waals surface area contributed by atoms with Crippen LogP contribution < -0.4 is 5.73 Å². The molecule has 0 aliphatic rings. The first-order valence-corrected chi connectivity index (χ1v) is 4.76. The van der Waals surface area contributed by atoms with E-state index in [9.17, 15) is 4.79 Å². The average molecular weight is 204 g/mol. The van der Waals surface area contributed by atoms with Gasteiger partial charge in [-0.1, -0.05) is 6.92 Å². The van der Waals surface area contributed by atoms with Crippen LogP contribution >= 0.6 is 0 Å². The molecule has 0 fully saturated rings. The van der Waals surface area contributed by atoms with E-state index in [2.05, 4.69) is 0 Å². The Hall–Kier alpha value is -0.650. The first-order chi connectivity index (χ1) is 6.58. The maximum atomic E-state index is 10.9. The number of rotatable bonds is 7. The summed E-state index contributed by atoms with van der Waals surface area (Å²) in [6, 6.07) is -0.556. The predicted octanol–water partition coefficient (Wildman–Crippen LogP) is -0.245. The van der Waals surface area contributed by atoms with Crippen molar-refractivity contribution in [3.05, 3.63) is 0 Å². The number of hydrogen-bond acceptors (Lipinski definition) is 4. The van der Waals surface area contributed by atoms with Crippen molar-refractivity contribution in [2.45, 2.75) is 25.9 Å². The van der Waals surface area contributed by atoms with Gasteiger partial charge in [-0.3, -0.25) is 9.69 Å². The monoisotopic (exact) mass is 204 g/mol. The van der Waals surface area contributed by atoms with Crippen molar-refractivity contribution in [2.24, 2.45) is 5.73 Å². The molecule has 0 aromatic rings. The smallest absolute Gasteiger partial charge is 0.322 e. The molecule has 0 rings (SSSR count). The molecule has 0 heterocycles. The van der Waals surface area contributed by atoms with E-state index in [1.54, 1.807) is 7.11 Å². The van der Waals surface area contributed by atoms with Crippen molar-refractivity contribution in [1.82, 2.24) is 4.90 Å². The lowest BCUT2D eigenvalue weighted by molar-refractivity contribution is -0.144. The summed E-state index contributed by atoms with van der Waals surface area (Å²) in [7, 11) is 1.60. The highest BCUT2D eigenvalue weighted by molar-refractivity contribution is 5.73. The number of methoxy groups -OCH3 is 1. The number of likely N-dealkylation sites (N-methyl/N-ethyl adjacent to an activating group) is 1. The molecule has 0 amide bonds. The molecule has 0 aliphatic carbocycles. The van der Waals surface area contributed by atoms with Gasteiger partial charge in [-0.2, -0.15) is 0 Å². The zero-order valence-corrected chi connectivity index (χ0v) is 9.06. The lowest BCUT2D eigenvalue weighted by Gasteiger charge is -2.31. The number of nitrogens with two attached hydrogens (primary N) is 1. The van der Waals surface area contributed by atoms with Gasteiger partial charge >= 0.3 is 5.97 Å². The van der Waals surface area contributed by atoms with Gasteiger partial charge in [-0.05, 0) is 13.5 Å². The third kappa shape index (κ3) is 3.61. The molecule has 5 nitrogen and oxygen atoms in total. The van der Waals surface area contributed by atoms with E-state index in [-0.39, 0.29) is 12.6 Å². The number of carbonyl (C=O) groups is 1. The van der Waals surface area contributed by atoms with Gasteiger partial charge in [0.15, 0.2) is 0 Å². The van der Waals surface area contributed by atoms with Crippen LogP contribution in [0.1, 0.15) is 13.8 Å². The summed E-state index contributed by atoms with van der Waals surface area (Å²) in [5.74, 6) is -0.877. The maximum Gasteiger partial charge on any atom is 0.322 e. The SMILES string of the molecule is CCN(C(C)COC)C(CN)C(=O)O. The van der Waals surface area contributed by atoms with Crippen molar-refractivity contribution >= 4 is 5.97 Å². The summed E-state index contributed by atoms with van der Waals surface area (Å²) >= 11 is 0. The normalized spacial score (nSPS) is 15.5. The molecule has 2 atom stereocenters. The molecule has 3 N–H and O–H groups in total. The lowest BCUT2D eigenvalue weighted by Crippen LogP contribution is -2.51. The highest BCUT2D eigenvalue weighted by Crippen LogP contribution is 2.05. The Balaban J connectivity index is 4.41. The van der Waals surface area contributed by atoms with Gasteiger partial charge in [0.25, 0.3) is 0 Å². The minimum absolute atomic E-state index is 0.0645. The molecule has 0 bridgehead atoms. The average Bonchev–Trinajstić information content (AvgIpc) is 2.13. The first-order valence-electron chi connectivity index (χ1n) is 4.76. The molecule has 0 aromatic heterocycles. The van der Waals surface area contributed by atoms with Crippen molar-refractivity contribution in [2.75, 3.05) is 26.8 Å². The third-order valence-corrected chi connectivity index (χ3v) is 2.25. The standard InChI is InChI=1S/C9H20N2O3/c1-4-11(7(2)6-14-3)8(5-10)9(12)13/h7-8H,4-6,10H2,1-3H3,(H,12,13). The lowest BCUT2D eigenvalue weighted by atomic mass is 10.2. The topological polar surface area (TPSA) is 75.8 Å². The second-order valence-electron chi connectivity index (χ2n) is 3.22. The van der Waals surface area contributed by atoms with Crippen LogP contribution in [0.15, 0.2) is 0 Å². The Kier molecular flexibility index (Phi) is 6.44. The summed E-state index contributed by atoms with van der Waals surface area (Å²) < 4.78 is 4.99. The highest BCUT2D eigenvalue weighted by atomic mass is 16.5. The van der Waals surface area contributed by atoms with E-state index in [1.807, 2.05) is 18.7 Å². The molecular weight excluding hydrogens is 184 g/mol. The zero-order chi connectivity index (χ0) is 11.1. The third-order valence-electron chi connectivity index (χ3n) is 2.25. The van der Waals surface area contributed by atoms with Gasteiger partial charge in [-0.25, -0.2) is 0 Å². The summed E-state index contributed by atoms with van der Waals surface area (Å²) in [6.45, 7) is 5.13. The molecule has 0 saturated heterocycles. The first kappa shape index (κ1) is 13.4. The van der Waals surface area contributed by atoms with Crippen LogP contribution in [0.25, 0.3) is 0 Å². The van der Waals surface area contributed by atoms with E-state index in [4.69, 9.17) is 15.6 Å². The number of carboxylic acid groups (broad SMARTS) is 1. The Bertz CT molecular complexity index is 175. The molecule has 0 saturated carbocycles. The Morgan fingerprint density at radius 1 is 1.64 bits per heavy atom. The van der Waals surface area contributed by atoms with Gasteiger partial charge in [0.1, 0.15) is 6.04 Å². The second kappa shape index (κ2) is 6.75. The number of aliphatic carboxylic acids is 1. The van der Waals surface area contributed by atoms with E-state index < -0.39 is 12.0 Å². The summed E-state index contributed by atoms with van der Waals surface area (Å²) in [5, 5.41) is 8.93. The number of hydrogen-bond donors (Lipinski definition) is 2. The van der Waals surface area contributed by atoms with Crippen LogP contribution in [0.5, 0.6) is 0 Å².